The summed E-state index contributed by atoms with van der Waals surface area (Å²) >= 11 is 0. The van der Waals surface area contributed by atoms with E-state index in [1.165, 1.54) is 29.2 Å². The Hall–Kier alpha value is -3.53. The number of hydrogen-bond acceptors (Lipinski definition) is 5. The number of nitrogens with one attached hydrogen (secondary N) is 4. The van der Waals surface area contributed by atoms with E-state index in [0.29, 0.717) is 22.4 Å². The summed E-state index contributed by atoms with van der Waals surface area (Å²) in [5.41, 5.74) is 9.94. The Bertz CT molecular complexity index is 1140. The summed E-state index contributed by atoms with van der Waals surface area (Å²) in [5.74, 6) is -1.99. The number of benzene rings is 2. The van der Waals surface area contributed by atoms with Gasteiger partial charge in [0.05, 0.1) is 24.7 Å². The lowest BCUT2D eigenvalue weighted by Crippen LogP contribution is -2.47. The van der Waals surface area contributed by atoms with Crippen LogP contribution in [-0.2, 0) is 9.59 Å². The van der Waals surface area contributed by atoms with Crippen LogP contribution in [-0.4, -0.2) is 35.5 Å². The first kappa shape index (κ1) is 24.6. The van der Waals surface area contributed by atoms with Gasteiger partial charge in [0.15, 0.2) is 0 Å². The molecule has 2 heterocycles. The van der Waals surface area contributed by atoms with Gasteiger partial charge >= 0.3 is 0 Å². The Kier molecular flexibility index (Phi) is 7.30. The molecule has 1 fully saturated rings. The van der Waals surface area contributed by atoms with E-state index < -0.39 is 41.7 Å². The van der Waals surface area contributed by atoms with Crippen LogP contribution in [0.1, 0.15) is 55.3 Å². The molecule has 2 aliphatic rings. The third-order valence-corrected chi connectivity index (χ3v) is 6.20. The minimum atomic E-state index is -1.35. The van der Waals surface area contributed by atoms with Crippen LogP contribution in [0.15, 0.2) is 54.4 Å². The first-order valence-electron chi connectivity index (χ1n) is 11.5. The molecule has 10 heteroatoms. The predicted molar refractivity (Wildman–Crippen MR) is 124 cm³/mol. The van der Waals surface area contributed by atoms with Gasteiger partial charge < -0.3 is 21.1 Å². The molecule has 0 unspecified atom stereocenters. The smallest absolute Gasteiger partial charge is 0.243 e. The molecule has 7 nitrogen and oxygen atoms in total. The van der Waals surface area contributed by atoms with Crippen LogP contribution in [0.5, 0.6) is 0 Å². The quantitative estimate of drug-likeness (QED) is 0.483. The van der Waals surface area contributed by atoms with Crippen LogP contribution in [0, 0.1) is 11.6 Å². The van der Waals surface area contributed by atoms with E-state index >= 15 is 0 Å². The van der Waals surface area contributed by atoms with Crippen molar-refractivity contribution in [3.05, 3.63) is 82.7 Å². The highest BCUT2D eigenvalue weighted by atomic mass is 19.1. The number of likely N-dealkylation sites (tertiary alicyclic amines) is 1. The summed E-state index contributed by atoms with van der Waals surface area (Å²) in [4.78, 5) is 27.4. The minimum absolute atomic E-state index is 0.0410. The van der Waals surface area contributed by atoms with Crippen LogP contribution in [0.4, 0.5) is 13.2 Å². The van der Waals surface area contributed by atoms with Crippen molar-refractivity contribution in [2.75, 3.05) is 6.54 Å². The molecule has 4 rings (SSSR count). The van der Waals surface area contributed by atoms with Gasteiger partial charge in [-0.25, -0.2) is 13.2 Å². The number of nitrogens with zero attached hydrogens (tertiary/aromatic N) is 1. The topological polar surface area (TPSA) is 85.5 Å². The minimum Gasteiger partial charge on any atom is -0.343 e. The standard InChI is InChI=1S/C25H28F3N5O2/c1-14(2)20-7-6-16(9-21(20)28)24(15-4-3-5-17(26)8-15)30-25(35)22-10-18(27)13-33(22)23(34)11-19-12-29-32-31-19/h3-9,12,14,18,22,24,29,31-32H,10-11,13H2,1-2H3,(H,30,35)/t18-,22+,24-/m1/s1. The summed E-state index contributed by atoms with van der Waals surface area (Å²) < 4.78 is 43.2. The SMILES string of the molecule is CC(C)c1ccc([C@H](NC(=O)[C@@H]2C[C@@H](F)CN2C(=O)CC2=CNNN2)c2cccc(F)c2)cc1F. The van der Waals surface area contributed by atoms with Gasteiger partial charge in [-0.2, -0.15) is 5.53 Å². The fourth-order valence-electron chi connectivity index (χ4n) is 4.42. The van der Waals surface area contributed by atoms with Gasteiger partial charge in [-0.05, 0) is 40.8 Å². The Balaban J connectivity index is 1.60. The van der Waals surface area contributed by atoms with Crippen LogP contribution in [0.3, 0.4) is 0 Å². The summed E-state index contributed by atoms with van der Waals surface area (Å²) in [6.07, 6.45) is 0.000489. The maximum atomic E-state index is 14.8. The lowest BCUT2D eigenvalue weighted by Gasteiger charge is -2.27. The van der Waals surface area contributed by atoms with Gasteiger partial charge in [-0.15, -0.1) is 0 Å². The molecule has 35 heavy (non-hydrogen) atoms. The van der Waals surface area contributed by atoms with Gasteiger partial charge in [0.2, 0.25) is 11.8 Å². The number of hydrogen-bond donors (Lipinski definition) is 4. The second-order valence-electron chi connectivity index (χ2n) is 9.07. The Morgan fingerprint density at radius 1 is 1.14 bits per heavy atom. The molecule has 0 aromatic heterocycles. The Morgan fingerprint density at radius 2 is 1.91 bits per heavy atom. The van der Waals surface area contributed by atoms with Crippen molar-refractivity contribution in [1.29, 1.82) is 0 Å². The lowest BCUT2D eigenvalue weighted by molar-refractivity contribution is -0.138. The monoisotopic (exact) mass is 487 g/mol. The van der Waals surface area contributed by atoms with Gasteiger partial charge in [0.1, 0.15) is 23.8 Å². The molecular formula is C25H28F3N5O2. The Labute approximate surface area is 201 Å². The summed E-state index contributed by atoms with van der Waals surface area (Å²) in [6, 6.07) is 8.35. The summed E-state index contributed by atoms with van der Waals surface area (Å²) in [6.45, 7) is 3.53. The maximum Gasteiger partial charge on any atom is 0.243 e. The molecule has 0 spiro atoms. The number of amides is 2. The molecule has 0 saturated carbocycles. The zero-order chi connectivity index (χ0) is 25.1. The molecule has 4 N–H and O–H groups in total. The van der Waals surface area contributed by atoms with E-state index in [0.717, 1.165) is 0 Å². The highest BCUT2D eigenvalue weighted by molar-refractivity contribution is 5.89. The molecule has 0 bridgehead atoms. The third-order valence-electron chi connectivity index (χ3n) is 6.20. The van der Waals surface area contributed by atoms with E-state index in [1.54, 1.807) is 24.4 Å². The van der Waals surface area contributed by atoms with Crippen molar-refractivity contribution < 1.29 is 22.8 Å². The molecule has 0 aliphatic carbocycles. The average Bonchev–Trinajstić information content (AvgIpc) is 3.46. The van der Waals surface area contributed by atoms with Gasteiger partial charge in [0.25, 0.3) is 0 Å². The largest absolute Gasteiger partial charge is 0.343 e. The maximum absolute atomic E-state index is 14.8. The van der Waals surface area contributed by atoms with E-state index in [4.69, 9.17) is 0 Å². The van der Waals surface area contributed by atoms with Crippen LogP contribution < -0.4 is 21.7 Å². The first-order chi connectivity index (χ1) is 16.7. The molecule has 2 aromatic carbocycles. The Morgan fingerprint density at radius 3 is 2.57 bits per heavy atom. The second-order valence-corrected chi connectivity index (χ2v) is 9.07. The fraction of sp³-hybridized carbons (Fsp3) is 0.360. The van der Waals surface area contributed by atoms with Crippen molar-refractivity contribution in [3.63, 3.8) is 0 Å². The van der Waals surface area contributed by atoms with Gasteiger partial charge in [0, 0.05) is 12.6 Å². The van der Waals surface area contributed by atoms with Crippen LogP contribution in [0.2, 0.25) is 0 Å². The highest BCUT2D eigenvalue weighted by Crippen LogP contribution is 2.29. The van der Waals surface area contributed by atoms with E-state index in [2.05, 4.69) is 21.7 Å². The molecule has 2 aliphatic heterocycles. The normalized spacial score (nSPS) is 20.3. The van der Waals surface area contributed by atoms with Crippen LogP contribution in [0.25, 0.3) is 0 Å². The fourth-order valence-corrected chi connectivity index (χ4v) is 4.42. The van der Waals surface area contributed by atoms with Crippen molar-refractivity contribution in [2.24, 2.45) is 0 Å². The zero-order valence-electron chi connectivity index (χ0n) is 19.4. The molecule has 2 amide bonds. The molecule has 1 saturated heterocycles. The van der Waals surface area contributed by atoms with Gasteiger partial charge in [-0.3, -0.25) is 9.59 Å². The van der Waals surface area contributed by atoms with Crippen LogP contribution >= 0.6 is 0 Å². The lowest BCUT2D eigenvalue weighted by atomic mass is 9.94. The van der Waals surface area contributed by atoms with E-state index in [9.17, 15) is 22.8 Å². The number of halogens is 3. The zero-order valence-corrected chi connectivity index (χ0v) is 19.4. The predicted octanol–water partition coefficient (Wildman–Crippen LogP) is 3.08. The number of hydrazine groups is 2. The summed E-state index contributed by atoms with van der Waals surface area (Å²) in [7, 11) is 0. The average molecular weight is 488 g/mol. The molecule has 0 radical (unpaired) electrons. The summed E-state index contributed by atoms with van der Waals surface area (Å²) in [5, 5.41) is 2.81. The van der Waals surface area contributed by atoms with Gasteiger partial charge in [-0.1, -0.05) is 38.1 Å². The van der Waals surface area contributed by atoms with E-state index in [1.807, 2.05) is 13.8 Å². The van der Waals surface area contributed by atoms with Crippen molar-refractivity contribution in [1.82, 2.24) is 26.6 Å². The highest BCUT2D eigenvalue weighted by Gasteiger charge is 2.40. The molecule has 3 atom stereocenters. The number of alkyl halides is 1. The first-order valence-corrected chi connectivity index (χ1v) is 11.5. The van der Waals surface area contributed by atoms with Crippen molar-refractivity contribution >= 4 is 11.8 Å². The molecule has 186 valence electrons. The van der Waals surface area contributed by atoms with Crippen molar-refractivity contribution in [2.45, 2.75) is 50.9 Å². The number of rotatable bonds is 7. The third kappa shape index (κ3) is 5.59. The van der Waals surface area contributed by atoms with Crippen molar-refractivity contribution in [3.8, 4) is 0 Å². The number of carbonyl (C=O) groups is 2. The second kappa shape index (κ2) is 10.4. The molecular weight excluding hydrogens is 459 g/mol. The molecule has 2 aromatic rings. The number of carbonyl (C=O) groups excluding carboxylic acids is 2. The van der Waals surface area contributed by atoms with E-state index in [-0.39, 0.29) is 25.3 Å².